The van der Waals surface area contributed by atoms with Gasteiger partial charge in [0.1, 0.15) is 24.4 Å². The summed E-state index contributed by atoms with van der Waals surface area (Å²) in [6, 6.07) is 0. The Bertz CT molecular complexity index is 425. The third-order valence-electron chi connectivity index (χ3n) is 2.92. The van der Waals surface area contributed by atoms with Crippen molar-refractivity contribution in [2.24, 2.45) is 0 Å². The van der Waals surface area contributed by atoms with Crippen LogP contribution in [0, 0.1) is 0 Å². The van der Waals surface area contributed by atoms with Gasteiger partial charge in [-0.05, 0) is 0 Å². The lowest BCUT2D eigenvalue weighted by Crippen LogP contribution is -2.73. The van der Waals surface area contributed by atoms with Gasteiger partial charge in [0.2, 0.25) is 10.7 Å². The van der Waals surface area contributed by atoms with Crippen molar-refractivity contribution in [3.8, 4) is 0 Å². The number of hydrogen-bond acceptors (Lipinski definition) is 10. The number of aliphatic hydroxyl groups is 6. The van der Waals surface area contributed by atoms with E-state index < -0.39 is 50.5 Å². The average Bonchev–Trinajstić information content (AvgIpc) is 2.30. The summed E-state index contributed by atoms with van der Waals surface area (Å²) >= 11 is 0. The zero-order valence-corrected chi connectivity index (χ0v) is 10.3. The van der Waals surface area contributed by atoms with Gasteiger partial charge < -0.3 is 30.6 Å². The second-order valence-corrected chi connectivity index (χ2v) is 6.23. The van der Waals surface area contributed by atoms with Crippen LogP contribution in [0.15, 0.2) is 0 Å². The zero-order chi connectivity index (χ0) is 14.5. The van der Waals surface area contributed by atoms with E-state index in [1.165, 1.54) is 0 Å². The molecule has 0 unspecified atom stereocenters. The van der Waals surface area contributed by atoms with E-state index in [1.54, 1.807) is 0 Å². The molecule has 1 fully saturated rings. The van der Waals surface area contributed by atoms with Crippen molar-refractivity contribution in [2.75, 3.05) is 0 Å². The largest absolute Gasteiger partial charge is 0.387 e. The lowest BCUT2D eigenvalue weighted by atomic mass is 9.83. The van der Waals surface area contributed by atoms with Gasteiger partial charge in [-0.3, -0.25) is 0 Å². The number of hydrogen-bond donors (Lipinski definition) is 6. The second-order valence-electron chi connectivity index (χ2n) is 3.84. The first-order valence-electron chi connectivity index (χ1n) is 4.48. The van der Waals surface area contributed by atoms with Gasteiger partial charge in [0, 0.05) is 0 Å². The van der Waals surface area contributed by atoms with E-state index in [-0.39, 0.29) is 0 Å². The van der Waals surface area contributed by atoms with Crippen LogP contribution in [-0.2, 0) is 18.3 Å². The van der Waals surface area contributed by atoms with Crippen LogP contribution in [0.25, 0.3) is 0 Å². The molecule has 1 aliphatic rings. The fourth-order valence-electron chi connectivity index (χ4n) is 1.77. The van der Waals surface area contributed by atoms with E-state index in [2.05, 4.69) is 0 Å². The lowest BCUT2D eigenvalue weighted by Gasteiger charge is -2.47. The first-order valence-corrected chi connectivity index (χ1v) is 6.84. The molecule has 0 aliphatic heterocycles. The summed E-state index contributed by atoms with van der Waals surface area (Å²) in [5.41, 5.74) is 0. The van der Waals surface area contributed by atoms with Gasteiger partial charge in [-0.2, -0.15) is 0 Å². The van der Waals surface area contributed by atoms with Crippen LogP contribution in [0.5, 0.6) is 0 Å². The van der Waals surface area contributed by atoms with Crippen molar-refractivity contribution in [3.05, 3.63) is 0 Å². The Morgan fingerprint density at radius 3 is 1.06 bits per heavy atom. The molecule has 0 aromatic heterocycles. The predicted molar refractivity (Wildman–Crippen MR) is 50.5 cm³/mol. The van der Waals surface area contributed by atoms with E-state index in [0.29, 0.717) is 0 Å². The maximum atomic E-state index is 10.9. The third kappa shape index (κ3) is 1.66. The van der Waals surface area contributed by atoms with E-state index in [0.717, 1.165) is 0 Å². The third-order valence-corrected chi connectivity index (χ3v) is 5.42. The van der Waals surface area contributed by atoms with Crippen LogP contribution in [-0.4, -0.2) is 65.7 Å². The fraction of sp³-hybridized carbons (Fsp3) is 1.00. The molecular weight excluding hydrogens is 294 g/mol. The summed E-state index contributed by atoms with van der Waals surface area (Å²) in [5, 5.41) is 49.0. The van der Waals surface area contributed by atoms with E-state index >= 15 is 0 Å². The molecule has 0 aromatic rings. The maximum absolute atomic E-state index is 10.9. The molecule has 0 bridgehead atoms. The topological polar surface area (TPSA) is 190 Å². The van der Waals surface area contributed by atoms with Gasteiger partial charge in [0.15, 0.2) is 0 Å². The summed E-state index contributed by atoms with van der Waals surface area (Å²) in [5.74, 6) is 0. The molecule has 0 radical (unpaired) electrons. The molecule has 6 N–H and O–H groups in total. The van der Waals surface area contributed by atoms with Crippen LogP contribution in [0.1, 0.15) is 0 Å². The molecule has 104 valence electrons. The molecule has 0 spiro atoms. The monoisotopic (exact) mass is 304 g/mol. The molecule has 1 rings (SSSR count). The van der Waals surface area contributed by atoms with Crippen molar-refractivity contribution >= 4 is 15.4 Å². The van der Waals surface area contributed by atoms with Crippen LogP contribution in [0.3, 0.4) is 0 Å². The number of aliphatic hydroxyl groups excluding tert-OH is 4. The molecule has 0 amide bonds. The molecule has 0 heterocycles. The molecular formula is C6H10O10P2. The smallest absolute Gasteiger partial charge is 0.355 e. The quantitative estimate of drug-likeness (QED) is 0.290. The highest BCUT2D eigenvalue weighted by molar-refractivity contribution is 7.38. The van der Waals surface area contributed by atoms with Crippen molar-refractivity contribution < 1.29 is 48.9 Å². The molecule has 10 nitrogen and oxygen atoms in total. The van der Waals surface area contributed by atoms with Crippen LogP contribution in [0.4, 0.5) is 0 Å². The highest BCUT2D eigenvalue weighted by Crippen LogP contribution is 2.54. The van der Waals surface area contributed by atoms with Gasteiger partial charge in [-0.15, -0.1) is 0 Å². The van der Waals surface area contributed by atoms with Gasteiger partial charge in [-0.25, -0.2) is 18.3 Å². The summed E-state index contributed by atoms with van der Waals surface area (Å²) in [4.78, 5) is 0. The molecule has 18 heavy (non-hydrogen) atoms. The van der Waals surface area contributed by atoms with Crippen molar-refractivity contribution in [2.45, 2.75) is 35.1 Å². The van der Waals surface area contributed by atoms with Gasteiger partial charge in [0.25, 0.3) is 0 Å². The van der Waals surface area contributed by atoms with Crippen LogP contribution < -0.4 is 0 Å². The van der Waals surface area contributed by atoms with E-state index in [9.17, 15) is 48.9 Å². The van der Waals surface area contributed by atoms with Gasteiger partial charge in [-0.1, -0.05) is 0 Å². The van der Waals surface area contributed by atoms with Crippen molar-refractivity contribution in [3.63, 3.8) is 0 Å². The lowest BCUT2D eigenvalue weighted by molar-refractivity contribution is -0.254. The van der Waals surface area contributed by atoms with Gasteiger partial charge >= 0.3 is 15.4 Å². The summed E-state index contributed by atoms with van der Waals surface area (Å²) in [6.07, 6.45) is -10.2. The highest BCUT2D eigenvalue weighted by atomic mass is 31.1. The van der Waals surface area contributed by atoms with E-state index in [1.807, 2.05) is 0 Å². The Balaban J connectivity index is 3.61. The average molecular weight is 304 g/mol. The SMILES string of the molecule is O=P(=O)[C@@]1(O)[C@H](O)[C@@H](O)[C@@H](O)[C@H](O)[C@]1(O)P(=O)=O. The summed E-state index contributed by atoms with van der Waals surface area (Å²) in [7, 11) is -8.38. The number of rotatable bonds is 2. The Kier molecular flexibility index (Phi) is 3.98. The molecule has 0 aromatic carbocycles. The molecule has 12 heteroatoms. The van der Waals surface area contributed by atoms with Gasteiger partial charge in [0.05, 0.1) is 0 Å². The predicted octanol–water partition coefficient (Wildman–Crippen LogP) is -2.83. The van der Waals surface area contributed by atoms with Crippen LogP contribution in [0.2, 0.25) is 0 Å². The summed E-state index contributed by atoms with van der Waals surface area (Å²) in [6.45, 7) is 0. The Morgan fingerprint density at radius 1 is 0.667 bits per heavy atom. The first-order chi connectivity index (χ1) is 8.02. The second kappa shape index (κ2) is 4.59. The molecule has 6 atom stereocenters. The Hall–Kier alpha value is -0.440. The molecule has 1 saturated carbocycles. The molecule has 0 saturated heterocycles. The minimum Gasteiger partial charge on any atom is -0.387 e. The fourth-order valence-corrected chi connectivity index (χ4v) is 3.80. The minimum atomic E-state index is -4.19. The minimum absolute atomic E-state index is 2.37. The first kappa shape index (κ1) is 15.6. The maximum Gasteiger partial charge on any atom is 0.355 e. The van der Waals surface area contributed by atoms with E-state index in [4.69, 9.17) is 0 Å². The molecule has 1 aliphatic carbocycles. The Labute approximate surface area is 100 Å². The summed E-state index contributed by atoms with van der Waals surface area (Å²) < 4.78 is 43.6. The highest BCUT2D eigenvalue weighted by Gasteiger charge is 2.74. The normalized spacial score (nSPS) is 48.8. The standard InChI is InChI=1S/C6H10O10P2/c7-1-2(8)4(10)6(12,18(15)16)5(11,3(1)9)17(13)14/h1-4,7-12H/t1-,2+,3+,4-,5-,6-/m0/s1. The Morgan fingerprint density at radius 2 is 0.889 bits per heavy atom. The van der Waals surface area contributed by atoms with Crippen molar-refractivity contribution in [1.29, 1.82) is 0 Å². The van der Waals surface area contributed by atoms with Crippen molar-refractivity contribution in [1.82, 2.24) is 0 Å². The van der Waals surface area contributed by atoms with Crippen LogP contribution >= 0.6 is 15.4 Å². The zero-order valence-electron chi connectivity index (χ0n) is 8.52.